The third-order valence-corrected chi connectivity index (χ3v) is 5.43. The molecule has 0 spiro atoms. The first-order valence-corrected chi connectivity index (χ1v) is 7.94. The summed E-state index contributed by atoms with van der Waals surface area (Å²) in [5.74, 6) is 1.72. The molecular weight excluding hydrogens is 222 g/mol. The van der Waals surface area contributed by atoms with Crippen molar-refractivity contribution >= 4 is 0 Å². The Morgan fingerprint density at radius 2 is 1.83 bits per heavy atom. The third-order valence-electron chi connectivity index (χ3n) is 5.43. The Morgan fingerprint density at radius 1 is 1.11 bits per heavy atom. The second-order valence-electron chi connectivity index (χ2n) is 6.63. The molecule has 0 aliphatic heterocycles. The van der Waals surface area contributed by atoms with Crippen LogP contribution in [0.25, 0.3) is 0 Å². The van der Waals surface area contributed by atoms with Crippen LogP contribution in [-0.4, -0.2) is 25.8 Å². The maximum atomic E-state index is 6.06. The van der Waals surface area contributed by atoms with Crippen LogP contribution in [0.15, 0.2) is 0 Å². The van der Waals surface area contributed by atoms with Crippen molar-refractivity contribution in [2.75, 3.05) is 14.2 Å². The SMILES string of the molecule is CNC(C1CCCC(C)C1)C1(OC)CCCCC1. The Hall–Kier alpha value is -0.0800. The number of hydrogen-bond acceptors (Lipinski definition) is 2. The number of ether oxygens (including phenoxy) is 1. The van der Waals surface area contributed by atoms with Crippen molar-refractivity contribution in [3.05, 3.63) is 0 Å². The van der Waals surface area contributed by atoms with E-state index in [1.807, 2.05) is 7.11 Å². The topological polar surface area (TPSA) is 21.3 Å². The van der Waals surface area contributed by atoms with Gasteiger partial charge in [-0.25, -0.2) is 0 Å². The van der Waals surface area contributed by atoms with E-state index >= 15 is 0 Å². The lowest BCUT2D eigenvalue weighted by atomic mass is 9.69. The Kier molecular flexibility index (Phi) is 5.08. The van der Waals surface area contributed by atoms with Crippen molar-refractivity contribution in [3.63, 3.8) is 0 Å². The van der Waals surface area contributed by atoms with Crippen LogP contribution < -0.4 is 5.32 Å². The average molecular weight is 253 g/mol. The number of hydrogen-bond donors (Lipinski definition) is 1. The first-order chi connectivity index (χ1) is 8.72. The first-order valence-electron chi connectivity index (χ1n) is 7.94. The van der Waals surface area contributed by atoms with Crippen molar-refractivity contribution in [2.45, 2.75) is 76.4 Å². The second-order valence-corrected chi connectivity index (χ2v) is 6.63. The van der Waals surface area contributed by atoms with Gasteiger partial charge in [-0.3, -0.25) is 0 Å². The molecule has 0 heterocycles. The molecule has 0 radical (unpaired) electrons. The summed E-state index contributed by atoms with van der Waals surface area (Å²) < 4.78 is 6.06. The van der Waals surface area contributed by atoms with Crippen molar-refractivity contribution in [1.82, 2.24) is 5.32 Å². The molecule has 2 fully saturated rings. The monoisotopic (exact) mass is 253 g/mol. The Morgan fingerprint density at radius 3 is 2.39 bits per heavy atom. The number of likely N-dealkylation sites (N-methyl/N-ethyl adjacent to an activating group) is 1. The molecule has 0 aromatic heterocycles. The summed E-state index contributed by atoms with van der Waals surface area (Å²) in [6.07, 6.45) is 12.2. The molecule has 2 nitrogen and oxygen atoms in total. The summed E-state index contributed by atoms with van der Waals surface area (Å²) in [6, 6.07) is 0.561. The van der Waals surface area contributed by atoms with Gasteiger partial charge in [0.05, 0.1) is 5.60 Å². The van der Waals surface area contributed by atoms with E-state index in [2.05, 4.69) is 19.3 Å². The van der Waals surface area contributed by atoms with Gasteiger partial charge in [0, 0.05) is 13.2 Å². The van der Waals surface area contributed by atoms with E-state index in [0.717, 1.165) is 11.8 Å². The quantitative estimate of drug-likeness (QED) is 0.824. The van der Waals surface area contributed by atoms with Crippen LogP contribution in [0.5, 0.6) is 0 Å². The minimum Gasteiger partial charge on any atom is -0.377 e. The fourth-order valence-corrected chi connectivity index (χ4v) is 4.50. The van der Waals surface area contributed by atoms with Crippen LogP contribution >= 0.6 is 0 Å². The highest BCUT2D eigenvalue weighted by Crippen LogP contribution is 2.41. The van der Waals surface area contributed by atoms with Gasteiger partial charge in [-0.05, 0) is 44.6 Å². The molecule has 3 atom stereocenters. The van der Waals surface area contributed by atoms with Gasteiger partial charge < -0.3 is 10.1 Å². The molecule has 1 N–H and O–H groups in total. The third kappa shape index (κ3) is 2.91. The summed E-state index contributed by atoms with van der Waals surface area (Å²) in [5.41, 5.74) is 0.120. The average Bonchev–Trinajstić information content (AvgIpc) is 2.41. The minimum atomic E-state index is 0.120. The summed E-state index contributed by atoms with van der Waals surface area (Å²) >= 11 is 0. The molecule has 2 saturated carbocycles. The van der Waals surface area contributed by atoms with E-state index in [1.54, 1.807) is 0 Å². The van der Waals surface area contributed by atoms with Gasteiger partial charge in [-0.15, -0.1) is 0 Å². The maximum absolute atomic E-state index is 6.06. The van der Waals surface area contributed by atoms with E-state index in [9.17, 15) is 0 Å². The maximum Gasteiger partial charge on any atom is 0.0833 e. The summed E-state index contributed by atoms with van der Waals surface area (Å²) in [4.78, 5) is 0. The Bertz CT molecular complexity index is 247. The van der Waals surface area contributed by atoms with Gasteiger partial charge in [0.25, 0.3) is 0 Å². The van der Waals surface area contributed by atoms with Crippen LogP contribution in [0.3, 0.4) is 0 Å². The van der Waals surface area contributed by atoms with E-state index in [0.29, 0.717) is 6.04 Å². The zero-order valence-electron chi connectivity index (χ0n) is 12.5. The Labute approximate surface area is 113 Å². The highest BCUT2D eigenvalue weighted by atomic mass is 16.5. The van der Waals surface area contributed by atoms with Gasteiger partial charge in [0.1, 0.15) is 0 Å². The molecule has 0 saturated heterocycles. The van der Waals surface area contributed by atoms with Gasteiger partial charge in [0.15, 0.2) is 0 Å². The fraction of sp³-hybridized carbons (Fsp3) is 1.00. The number of methoxy groups -OCH3 is 1. The first kappa shape index (κ1) is 14.3. The molecule has 0 bridgehead atoms. The molecule has 106 valence electrons. The van der Waals surface area contributed by atoms with E-state index < -0.39 is 0 Å². The predicted octanol–water partition coefficient (Wildman–Crippen LogP) is 3.75. The van der Waals surface area contributed by atoms with Crippen molar-refractivity contribution in [3.8, 4) is 0 Å². The Balaban J connectivity index is 2.09. The fourth-order valence-electron chi connectivity index (χ4n) is 4.50. The molecule has 2 aliphatic rings. The van der Waals surface area contributed by atoms with Crippen LogP contribution in [0.2, 0.25) is 0 Å². The zero-order valence-corrected chi connectivity index (χ0v) is 12.5. The predicted molar refractivity (Wildman–Crippen MR) is 76.8 cm³/mol. The lowest BCUT2D eigenvalue weighted by Crippen LogP contribution is -2.56. The van der Waals surface area contributed by atoms with Crippen LogP contribution in [0.4, 0.5) is 0 Å². The van der Waals surface area contributed by atoms with E-state index in [4.69, 9.17) is 4.74 Å². The van der Waals surface area contributed by atoms with Gasteiger partial charge in [-0.2, -0.15) is 0 Å². The molecule has 0 aromatic carbocycles. The zero-order chi connectivity index (χ0) is 13.0. The molecular formula is C16H31NO. The lowest BCUT2D eigenvalue weighted by Gasteiger charge is -2.47. The van der Waals surface area contributed by atoms with E-state index in [1.165, 1.54) is 57.8 Å². The van der Waals surface area contributed by atoms with Crippen molar-refractivity contribution in [2.24, 2.45) is 11.8 Å². The normalized spacial score (nSPS) is 34.2. The molecule has 0 aromatic rings. The van der Waals surface area contributed by atoms with Crippen LogP contribution in [0.1, 0.15) is 64.7 Å². The lowest BCUT2D eigenvalue weighted by molar-refractivity contribution is -0.0851. The smallest absolute Gasteiger partial charge is 0.0833 e. The standard InChI is InChI=1S/C16H31NO/c1-13-8-7-9-14(12-13)15(17-2)16(18-3)10-5-4-6-11-16/h13-15,17H,4-12H2,1-3H3. The van der Waals surface area contributed by atoms with Gasteiger partial charge >= 0.3 is 0 Å². The van der Waals surface area contributed by atoms with Gasteiger partial charge in [0.2, 0.25) is 0 Å². The van der Waals surface area contributed by atoms with Crippen molar-refractivity contribution < 1.29 is 4.74 Å². The largest absolute Gasteiger partial charge is 0.377 e. The highest BCUT2D eigenvalue weighted by Gasteiger charge is 2.43. The summed E-state index contributed by atoms with van der Waals surface area (Å²) in [5, 5.41) is 3.63. The van der Waals surface area contributed by atoms with Crippen LogP contribution in [0, 0.1) is 11.8 Å². The number of nitrogens with one attached hydrogen (secondary N) is 1. The second kappa shape index (κ2) is 6.38. The van der Waals surface area contributed by atoms with Gasteiger partial charge in [-0.1, -0.05) is 39.0 Å². The summed E-state index contributed by atoms with van der Waals surface area (Å²) in [6.45, 7) is 2.42. The molecule has 2 heteroatoms. The molecule has 0 amide bonds. The van der Waals surface area contributed by atoms with Crippen LogP contribution in [-0.2, 0) is 4.74 Å². The minimum absolute atomic E-state index is 0.120. The molecule has 18 heavy (non-hydrogen) atoms. The molecule has 2 rings (SSSR count). The summed E-state index contributed by atoms with van der Waals surface area (Å²) in [7, 11) is 4.07. The van der Waals surface area contributed by atoms with Crippen molar-refractivity contribution in [1.29, 1.82) is 0 Å². The molecule has 3 unspecified atom stereocenters. The van der Waals surface area contributed by atoms with E-state index in [-0.39, 0.29) is 5.60 Å². The number of rotatable bonds is 4. The highest BCUT2D eigenvalue weighted by molar-refractivity contribution is 4.99. The molecule has 2 aliphatic carbocycles.